The van der Waals surface area contributed by atoms with E-state index in [0.29, 0.717) is 18.8 Å². The van der Waals surface area contributed by atoms with Gasteiger partial charge in [-0.2, -0.15) is 5.26 Å². The maximum Gasteiger partial charge on any atom is 0.129 e. The van der Waals surface area contributed by atoms with Gasteiger partial charge in [0.05, 0.1) is 24.5 Å². The molecule has 0 spiro atoms. The molecule has 3 heteroatoms. The minimum absolute atomic E-state index is 0.448. The molecule has 0 N–H and O–H groups in total. The lowest BCUT2D eigenvalue weighted by Crippen LogP contribution is -1.93. The molecule has 0 bridgehead atoms. The van der Waals surface area contributed by atoms with Crippen LogP contribution in [0.3, 0.4) is 0 Å². The molecule has 0 saturated carbocycles. The first-order valence-corrected chi connectivity index (χ1v) is 4.97. The Morgan fingerprint density at radius 3 is 2.88 bits per heavy atom. The molecule has 0 saturated heterocycles. The van der Waals surface area contributed by atoms with Crippen LogP contribution in [-0.4, -0.2) is 0 Å². The molecular weight excluding hydrogens is 202 g/mol. The quantitative estimate of drug-likeness (QED) is 0.784. The molecule has 1 heterocycles. The maximum atomic E-state index is 8.73. The third-order valence-corrected chi connectivity index (χ3v) is 2.15. The van der Waals surface area contributed by atoms with Crippen molar-refractivity contribution in [2.24, 2.45) is 0 Å². The summed E-state index contributed by atoms with van der Waals surface area (Å²) in [5.74, 6) is 0.802. The van der Waals surface area contributed by atoms with Crippen LogP contribution in [0.2, 0.25) is 0 Å². The van der Waals surface area contributed by atoms with Gasteiger partial charge in [-0.1, -0.05) is 12.1 Å². The van der Waals surface area contributed by atoms with Gasteiger partial charge in [-0.15, -0.1) is 0 Å². The van der Waals surface area contributed by atoms with Gasteiger partial charge in [0.25, 0.3) is 0 Å². The Labute approximate surface area is 93.9 Å². The third-order valence-electron chi connectivity index (χ3n) is 2.15. The number of nitriles is 1. The summed E-state index contributed by atoms with van der Waals surface area (Å²) >= 11 is 0. The van der Waals surface area contributed by atoms with Crippen molar-refractivity contribution in [1.82, 2.24) is 0 Å². The van der Waals surface area contributed by atoms with Crippen LogP contribution in [0.1, 0.15) is 16.9 Å². The van der Waals surface area contributed by atoms with E-state index in [9.17, 15) is 0 Å². The molecule has 0 aliphatic rings. The van der Waals surface area contributed by atoms with Gasteiger partial charge in [-0.3, -0.25) is 0 Å². The minimum atomic E-state index is 0.448. The van der Waals surface area contributed by atoms with Crippen molar-refractivity contribution in [3.63, 3.8) is 0 Å². The van der Waals surface area contributed by atoms with Crippen molar-refractivity contribution in [2.45, 2.75) is 13.2 Å². The van der Waals surface area contributed by atoms with E-state index < -0.39 is 0 Å². The van der Waals surface area contributed by atoms with E-state index in [1.165, 1.54) is 0 Å². The number of nitrogens with zero attached hydrogens (tertiary/aromatic N) is 1. The largest absolute Gasteiger partial charge is 0.467 e. The van der Waals surface area contributed by atoms with E-state index >= 15 is 0 Å². The summed E-state index contributed by atoms with van der Waals surface area (Å²) in [6, 6.07) is 13.2. The number of rotatable bonds is 4. The molecule has 1 aromatic carbocycles. The second kappa shape index (κ2) is 5.15. The lowest BCUT2D eigenvalue weighted by Gasteiger charge is -2.02. The fourth-order valence-corrected chi connectivity index (χ4v) is 1.39. The highest BCUT2D eigenvalue weighted by atomic mass is 16.5. The van der Waals surface area contributed by atoms with Crippen molar-refractivity contribution >= 4 is 0 Å². The number of hydrogen-bond acceptors (Lipinski definition) is 3. The Morgan fingerprint density at radius 1 is 1.19 bits per heavy atom. The van der Waals surface area contributed by atoms with Crippen LogP contribution in [0.25, 0.3) is 0 Å². The first-order valence-electron chi connectivity index (χ1n) is 4.97. The highest BCUT2D eigenvalue weighted by molar-refractivity contribution is 5.32. The van der Waals surface area contributed by atoms with Gasteiger partial charge in [-0.25, -0.2) is 0 Å². The summed E-state index contributed by atoms with van der Waals surface area (Å²) < 4.78 is 10.6. The minimum Gasteiger partial charge on any atom is -0.467 e. The molecule has 0 amide bonds. The van der Waals surface area contributed by atoms with Crippen molar-refractivity contribution < 1.29 is 9.15 Å². The molecular formula is C13H11NO2. The zero-order valence-electron chi connectivity index (χ0n) is 8.72. The fourth-order valence-electron chi connectivity index (χ4n) is 1.39. The van der Waals surface area contributed by atoms with E-state index in [-0.39, 0.29) is 0 Å². The predicted molar refractivity (Wildman–Crippen MR) is 58.4 cm³/mol. The molecule has 16 heavy (non-hydrogen) atoms. The van der Waals surface area contributed by atoms with Gasteiger partial charge in [0.2, 0.25) is 0 Å². The summed E-state index contributed by atoms with van der Waals surface area (Å²) in [7, 11) is 0. The summed E-state index contributed by atoms with van der Waals surface area (Å²) in [4.78, 5) is 0. The summed E-state index contributed by atoms with van der Waals surface area (Å²) in [5, 5.41) is 8.73. The highest BCUT2D eigenvalue weighted by Crippen LogP contribution is 2.08. The van der Waals surface area contributed by atoms with Crippen molar-refractivity contribution in [1.29, 1.82) is 5.26 Å². The molecule has 0 radical (unpaired) electrons. The smallest absolute Gasteiger partial charge is 0.129 e. The molecule has 3 nitrogen and oxygen atoms in total. The molecule has 0 aliphatic heterocycles. The molecule has 0 fully saturated rings. The molecule has 2 aromatic rings. The summed E-state index contributed by atoms with van der Waals surface area (Å²) in [6.07, 6.45) is 1.62. The molecule has 0 atom stereocenters. The van der Waals surface area contributed by atoms with Gasteiger partial charge >= 0.3 is 0 Å². The lowest BCUT2D eigenvalue weighted by molar-refractivity contribution is 0.0929. The van der Waals surface area contributed by atoms with Crippen LogP contribution >= 0.6 is 0 Å². The van der Waals surface area contributed by atoms with E-state index in [1.807, 2.05) is 30.3 Å². The normalized spacial score (nSPS) is 9.94. The van der Waals surface area contributed by atoms with Crippen LogP contribution in [0.4, 0.5) is 0 Å². The molecule has 80 valence electrons. The molecule has 2 rings (SSSR count). The Kier molecular flexibility index (Phi) is 3.37. The zero-order chi connectivity index (χ0) is 11.2. The second-order valence-electron chi connectivity index (χ2n) is 3.38. The van der Waals surface area contributed by atoms with Gasteiger partial charge in [0.1, 0.15) is 12.4 Å². The van der Waals surface area contributed by atoms with Crippen LogP contribution < -0.4 is 0 Å². The highest BCUT2D eigenvalue weighted by Gasteiger charge is 1.98. The van der Waals surface area contributed by atoms with Crippen molar-refractivity contribution in [3.05, 3.63) is 59.5 Å². The van der Waals surface area contributed by atoms with E-state index in [1.54, 1.807) is 12.3 Å². The molecule has 0 aliphatic carbocycles. The van der Waals surface area contributed by atoms with Crippen LogP contribution in [0.5, 0.6) is 0 Å². The van der Waals surface area contributed by atoms with Crippen molar-refractivity contribution in [3.8, 4) is 6.07 Å². The van der Waals surface area contributed by atoms with Crippen molar-refractivity contribution in [2.75, 3.05) is 0 Å². The Morgan fingerprint density at radius 2 is 2.12 bits per heavy atom. The standard InChI is InChI=1S/C13H11NO2/c14-8-11-3-1-4-12(7-11)9-15-10-13-5-2-6-16-13/h1-7H,9-10H2. The predicted octanol–water partition coefficient (Wildman–Crippen LogP) is 2.87. The molecule has 1 aromatic heterocycles. The van der Waals surface area contributed by atoms with Gasteiger partial charge in [-0.05, 0) is 29.8 Å². The Balaban J connectivity index is 1.88. The topological polar surface area (TPSA) is 46.2 Å². The van der Waals surface area contributed by atoms with E-state index in [0.717, 1.165) is 11.3 Å². The number of ether oxygens (including phenoxy) is 1. The van der Waals surface area contributed by atoms with Crippen LogP contribution in [-0.2, 0) is 18.0 Å². The summed E-state index contributed by atoms with van der Waals surface area (Å²) in [6.45, 7) is 0.931. The number of benzene rings is 1. The van der Waals surface area contributed by atoms with E-state index in [2.05, 4.69) is 6.07 Å². The average molecular weight is 213 g/mol. The fraction of sp³-hybridized carbons (Fsp3) is 0.154. The average Bonchev–Trinajstić information content (AvgIpc) is 2.82. The van der Waals surface area contributed by atoms with Gasteiger partial charge in [0, 0.05) is 0 Å². The molecule has 0 unspecified atom stereocenters. The van der Waals surface area contributed by atoms with Crippen LogP contribution in [0, 0.1) is 11.3 Å². The Hall–Kier alpha value is -2.05. The van der Waals surface area contributed by atoms with Gasteiger partial charge < -0.3 is 9.15 Å². The number of furan rings is 1. The SMILES string of the molecule is N#Cc1cccc(COCc2ccco2)c1. The first-order chi connectivity index (χ1) is 7.88. The second-order valence-corrected chi connectivity index (χ2v) is 3.38. The first kappa shape index (κ1) is 10.5. The Bertz CT molecular complexity index is 483. The number of hydrogen-bond donors (Lipinski definition) is 0. The summed E-state index contributed by atoms with van der Waals surface area (Å²) in [5.41, 5.74) is 1.64. The van der Waals surface area contributed by atoms with Crippen LogP contribution in [0.15, 0.2) is 47.1 Å². The lowest BCUT2D eigenvalue weighted by atomic mass is 10.1. The van der Waals surface area contributed by atoms with E-state index in [4.69, 9.17) is 14.4 Å². The van der Waals surface area contributed by atoms with Gasteiger partial charge in [0.15, 0.2) is 0 Å². The maximum absolute atomic E-state index is 8.73. The monoisotopic (exact) mass is 213 g/mol. The third kappa shape index (κ3) is 2.72. The zero-order valence-corrected chi connectivity index (χ0v) is 8.72.